The second kappa shape index (κ2) is 5.82. The molecule has 5 nitrogen and oxygen atoms in total. The third-order valence-electron chi connectivity index (χ3n) is 3.11. The Hall–Kier alpha value is -1.36. The van der Waals surface area contributed by atoms with Crippen LogP contribution in [0.5, 0.6) is 0 Å². The maximum Gasteiger partial charge on any atom is 0.228 e. The van der Waals surface area contributed by atoms with E-state index in [9.17, 15) is 4.79 Å². The number of aromatic amines is 1. The lowest BCUT2D eigenvalue weighted by Gasteiger charge is -2.21. The maximum atomic E-state index is 11.9. The van der Waals surface area contributed by atoms with Gasteiger partial charge < -0.3 is 10.6 Å². The smallest absolute Gasteiger partial charge is 0.228 e. The van der Waals surface area contributed by atoms with E-state index >= 15 is 0 Å². The molecular formula is C12H20N4O. The van der Waals surface area contributed by atoms with Gasteiger partial charge in [-0.2, -0.15) is 5.10 Å². The minimum Gasteiger partial charge on any atom is -0.317 e. The summed E-state index contributed by atoms with van der Waals surface area (Å²) in [6.07, 6.45) is 3.87. The summed E-state index contributed by atoms with van der Waals surface area (Å²) in [5.41, 5.74) is 1.08. The van der Waals surface area contributed by atoms with Crippen LogP contribution in [-0.2, 0) is 11.2 Å². The third kappa shape index (κ3) is 3.30. The molecule has 1 saturated heterocycles. The average molecular weight is 236 g/mol. The number of nitrogens with one attached hydrogen (secondary N) is 3. The van der Waals surface area contributed by atoms with Gasteiger partial charge in [-0.15, -0.1) is 0 Å². The van der Waals surface area contributed by atoms with Gasteiger partial charge in [0.1, 0.15) is 0 Å². The number of carbonyl (C=O) groups excluding carboxylic acids is 1. The molecule has 1 aliphatic heterocycles. The Kier molecular flexibility index (Phi) is 4.14. The van der Waals surface area contributed by atoms with E-state index in [2.05, 4.69) is 27.8 Å². The maximum absolute atomic E-state index is 11.9. The Morgan fingerprint density at radius 3 is 3.00 bits per heavy atom. The van der Waals surface area contributed by atoms with Crippen molar-refractivity contribution in [3.63, 3.8) is 0 Å². The van der Waals surface area contributed by atoms with Crippen LogP contribution in [-0.4, -0.2) is 29.2 Å². The largest absolute Gasteiger partial charge is 0.317 e. The van der Waals surface area contributed by atoms with E-state index in [4.69, 9.17) is 0 Å². The van der Waals surface area contributed by atoms with Crippen molar-refractivity contribution in [3.05, 3.63) is 11.8 Å². The quantitative estimate of drug-likeness (QED) is 0.738. The van der Waals surface area contributed by atoms with Crippen LogP contribution in [0.15, 0.2) is 6.07 Å². The van der Waals surface area contributed by atoms with E-state index in [1.165, 1.54) is 0 Å². The summed E-state index contributed by atoms with van der Waals surface area (Å²) < 4.78 is 0. The molecule has 0 atom stereocenters. The summed E-state index contributed by atoms with van der Waals surface area (Å²) in [7, 11) is 0. The van der Waals surface area contributed by atoms with Crippen LogP contribution in [0.2, 0.25) is 0 Å². The van der Waals surface area contributed by atoms with Crippen molar-refractivity contribution in [2.75, 3.05) is 18.4 Å². The molecule has 1 aliphatic rings. The Morgan fingerprint density at radius 2 is 2.29 bits per heavy atom. The Labute approximate surface area is 101 Å². The molecule has 2 rings (SSSR count). The van der Waals surface area contributed by atoms with E-state index in [1.807, 2.05) is 6.07 Å². The highest BCUT2D eigenvalue weighted by Crippen LogP contribution is 2.15. The fraction of sp³-hybridized carbons (Fsp3) is 0.667. The van der Waals surface area contributed by atoms with Crippen molar-refractivity contribution in [3.8, 4) is 0 Å². The zero-order valence-electron chi connectivity index (χ0n) is 10.3. The first kappa shape index (κ1) is 12.1. The number of hydrogen-bond donors (Lipinski definition) is 3. The molecular weight excluding hydrogens is 216 g/mol. The number of H-pyrrole nitrogens is 1. The number of rotatable bonds is 4. The molecule has 0 radical (unpaired) electrons. The summed E-state index contributed by atoms with van der Waals surface area (Å²) in [6, 6.07) is 1.92. The molecule has 2 heterocycles. The fourth-order valence-corrected chi connectivity index (χ4v) is 2.14. The first-order chi connectivity index (χ1) is 8.29. The molecule has 5 heteroatoms. The van der Waals surface area contributed by atoms with Gasteiger partial charge in [0.05, 0.1) is 0 Å². The SMILES string of the molecule is CCCc1cc(NC(=O)C2CCNCC2)n[nH]1. The van der Waals surface area contributed by atoms with Crippen LogP contribution in [0.25, 0.3) is 0 Å². The minimum absolute atomic E-state index is 0.0982. The van der Waals surface area contributed by atoms with Gasteiger partial charge in [0, 0.05) is 17.7 Å². The molecule has 17 heavy (non-hydrogen) atoms. The Balaban J connectivity index is 1.88. The molecule has 0 spiro atoms. The number of aryl methyl sites for hydroxylation is 1. The molecule has 1 amide bonds. The highest BCUT2D eigenvalue weighted by atomic mass is 16.2. The molecule has 0 unspecified atom stereocenters. The van der Waals surface area contributed by atoms with Crippen molar-refractivity contribution in [1.29, 1.82) is 0 Å². The van der Waals surface area contributed by atoms with Crippen molar-refractivity contribution in [2.24, 2.45) is 5.92 Å². The van der Waals surface area contributed by atoms with Gasteiger partial charge in [-0.1, -0.05) is 13.3 Å². The van der Waals surface area contributed by atoms with Crippen LogP contribution >= 0.6 is 0 Å². The predicted octanol–water partition coefficient (Wildman–Crippen LogP) is 1.30. The lowest BCUT2D eigenvalue weighted by Crippen LogP contribution is -2.34. The highest BCUT2D eigenvalue weighted by Gasteiger charge is 2.21. The van der Waals surface area contributed by atoms with Gasteiger partial charge in [0.25, 0.3) is 0 Å². The van der Waals surface area contributed by atoms with Gasteiger partial charge in [-0.25, -0.2) is 0 Å². The number of hydrogen-bond acceptors (Lipinski definition) is 3. The second-order valence-electron chi connectivity index (χ2n) is 4.54. The Bertz CT molecular complexity index is 368. The van der Waals surface area contributed by atoms with Crippen molar-refractivity contribution >= 4 is 11.7 Å². The summed E-state index contributed by atoms with van der Waals surface area (Å²) in [5, 5.41) is 13.2. The van der Waals surface area contributed by atoms with E-state index in [0.29, 0.717) is 5.82 Å². The number of piperidine rings is 1. The van der Waals surface area contributed by atoms with Crippen LogP contribution < -0.4 is 10.6 Å². The van der Waals surface area contributed by atoms with Crippen molar-refractivity contribution < 1.29 is 4.79 Å². The summed E-state index contributed by atoms with van der Waals surface area (Å²) >= 11 is 0. The fourth-order valence-electron chi connectivity index (χ4n) is 2.14. The molecule has 0 saturated carbocycles. The van der Waals surface area contributed by atoms with E-state index < -0.39 is 0 Å². The number of nitrogens with zero attached hydrogens (tertiary/aromatic N) is 1. The molecule has 1 fully saturated rings. The lowest BCUT2D eigenvalue weighted by atomic mass is 9.97. The van der Waals surface area contributed by atoms with Crippen LogP contribution in [0.4, 0.5) is 5.82 Å². The summed E-state index contributed by atoms with van der Waals surface area (Å²) in [4.78, 5) is 11.9. The van der Waals surface area contributed by atoms with Gasteiger partial charge in [-0.3, -0.25) is 9.89 Å². The second-order valence-corrected chi connectivity index (χ2v) is 4.54. The van der Waals surface area contributed by atoms with E-state index in [-0.39, 0.29) is 11.8 Å². The van der Waals surface area contributed by atoms with E-state index in [1.54, 1.807) is 0 Å². The average Bonchev–Trinajstić information content (AvgIpc) is 2.78. The molecule has 3 N–H and O–H groups in total. The lowest BCUT2D eigenvalue weighted by molar-refractivity contribution is -0.120. The van der Waals surface area contributed by atoms with Crippen molar-refractivity contribution in [2.45, 2.75) is 32.6 Å². The zero-order valence-corrected chi connectivity index (χ0v) is 10.3. The molecule has 0 aromatic carbocycles. The van der Waals surface area contributed by atoms with Crippen LogP contribution in [0, 0.1) is 5.92 Å². The number of aromatic nitrogens is 2. The minimum atomic E-state index is 0.0982. The van der Waals surface area contributed by atoms with Gasteiger partial charge in [0.15, 0.2) is 5.82 Å². The van der Waals surface area contributed by atoms with E-state index in [0.717, 1.165) is 44.5 Å². The van der Waals surface area contributed by atoms with Gasteiger partial charge in [0.2, 0.25) is 5.91 Å². The Morgan fingerprint density at radius 1 is 1.53 bits per heavy atom. The monoisotopic (exact) mass is 236 g/mol. The first-order valence-corrected chi connectivity index (χ1v) is 6.35. The molecule has 1 aromatic heterocycles. The van der Waals surface area contributed by atoms with Crippen molar-refractivity contribution in [1.82, 2.24) is 15.5 Å². The van der Waals surface area contributed by atoms with Crippen LogP contribution in [0.1, 0.15) is 31.9 Å². The predicted molar refractivity (Wildman–Crippen MR) is 66.8 cm³/mol. The van der Waals surface area contributed by atoms with Crippen LogP contribution in [0.3, 0.4) is 0 Å². The standard InChI is InChI=1S/C12H20N4O/c1-2-3-10-8-11(16-15-10)14-12(17)9-4-6-13-7-5-9/h8-9,13H,2-7H2,1H3,(H2,14,15,16,17). The molecule has 0 aliphatic carbocycles. The molecule has 94 valence electrons. The molecule has 0 bridgehead atoms. The number of anilines is 1. The number of amides is 1. The zero-order chi connectivity index (χ0) is 12.1. The summed E-state index contributed by atoms with van der Waals surface area (Å²) in [6.45, 7) is 3.98. The van der Waals surface area contributed by atoms with Gasteiger partial charge in [-0.05, 0) is 32.4 Å². The highest BCUT2D eigenvalue weighted by molar-refractivity contribution is 5.91. The topological polar surface area (TPSA) is 69.8 Å². The normalized spacial score (nSPS) is 17.0. The molecule has 1 aromatic rings. The van der Waals surface area contributed by atoms with Gasteiger partial charge >= 0.3 is 0 Å². The third-order valence-corrected chi connectivity index (χ3v) is 3.11. The first-order valence-electron chi connectivity index (χ1n) is 6.35. The number of carbonyl (C=O) groups is 1. The summed E-state index contributed by atoms with van der Waals surface area (Å²) in [5.74, 6) is 0.876.